The molecular weight excluding hydrogens is 192 g/mol. The van der Waals surface area contributed by atoms with Crippen LogP contribution in [0.15, 0.2) is 11.8 Å². The molecule has 0 aromatic carbocycles. The fourth-order valence-corrected chi connectivity index (χ4v) is 1.09. The number of hydrogen-bond donors (Lipinski definition) is 1. The van der Waals surface area contributed by atoms with Gasteiger partial charge in [-0.3, -0.25) is 14.5 Å². The first-order valence-electron chi connectivity index (χ1n) is 5.44. The zero-order valence-electron chi connectivity index (χ0n) is 9.96. The summed E-state index contributed by atoms with van der Waals surface area (Å²) >= 11 is 0. The highest BCUT2D eigenvalue weighted by Gasteiger charge is 2.26. The van der Waals surface area contributed by atoms with Gasteiger partial charge in [-0.25, -0.2) is 0 Å². The smallest absolute Gasteiger partial charge is 0.276 e. The van der Waals surface area contributed by atoms with Gasteiger partial charge in [0.2, 0.25) is 0 Å². The Morgan fingerprint density at radius 3 is 2.40 bits per heavy atom. The lowest BCUT2D eigenvalue weighted by molar-refractivity contribution is -0.135. The molecule has 0 fully saturated rings. The Morgan fingerprint density at radius 2 is 2.00 bits per heavy atom. The molecular formula is C11H22N2O2. The number of hydrogen-bond acceptors (Lipinski definition) is 3. The molecule has 0 saturated carbocycles. The molecule has 0 aliphatic carbocycles. The van der Waals surface area contributed by atoms with Crippen molar-refractivity contribution in [2.24, 2.45) is 0 Å². The number of nitrogens with zero attached hydrogens (tertiary/aromatic N) is 1. The molecule has 1 heterocycles. The van der Waals surface area contributed by atoms with Crippen molar-refractivity contribution in [3.05, 3.63) is 11.8 Å². The number of carbonyl (C=O) groups is 2. The van der Waals surface area contributed by atoms with E-state index in [1.807, 2.05) is 13.8 Å². The number of likely N-dealkylation sites (N-methyl/N-ethyl adjacent to an activating group) is 1. The Bertz CT molecular complexity index is 265. The minimum absolute atomic E-state index is 0. The van der Waals surface area contributed by atoms with Crippen molar-refractivity contribution < 1.29 is 11.0 Å². The minimum atomic E-state index is -0.246. The van der Waals surface area contributed by atoms with Crippen LogP contribution in [0.3, 0.4) is 0 Å². The second-order valence-electron chi connectivity index (χ2n) is 3.04. The zero-order valence-corrected chi connectivity index (χ0v) is 9.96. The maximum Gasteiger partial charge on any atom is 0.276 e. The number of unbranched alkanes of at least 4 members (excludes halogenated alkanes) is 1. The van der Waals surface area contributed by atoms with E-state index < -0.39 is 0 Å². The normalized spacial score (nSPS) is 14.7. The van der Waals surface area contributed by atoms with E-state index >= 15 is 0 Å². The second-order valence-corrected chi connectivity index (χ2v) is 3.04. The van der Waals surface area contributed by atoms with Gasteiger partial charge in [0.25, 0.3) is 11.8 Å². The molecule has 0 radical (unpaired) electrons. The van der Waals surface area contributed by atoms with E-state index in [1.54, 1.807) is 0 Å². The third-order valence-corrected chi connectivity index (χ3v) is 1.98. The third-order valence-electron chi connectivity index (χ3n) is 1.98. The van der Waals surface area contributed by atoms with Crippen molar-refractivity contribution in [2.75, 3.05) is 13.6 Å². The summed E-state index contributed by atoms with van der Waals surface area (Å²) in [7, 11) is 1.48. The Labute approximate surface area is 92.8 Å². The molecule has 2 amide bonds. The second kappa shape index (κ2) is 7.04. The number of rotatable bonds is 4. The van der Waals surface area contributed by atoms with Crippen LogP contribution in [0.4, 0.5) is 0 Å². The zero-order chi connectivity index (χ0) is 11.8. The molecule has 0 saturated heterocycles. The van der Waals surface area contributed by atoms with Gasteiger partial charge in [-0.2, -0.15) is 0 Å². The van der Waals surface area contributed by atoms with E-state index in [2.05, 4.69) is 12.2 Å². The number of amides is 2. The fourth-order valence-electron chi connectivity index (χ4n) is 1.09. The third kappa shape index (κ3) is 3.73. The average molecular weight is 214 g/mol. The van der Waals surface area contributed by atoms with Crippen LogP contribution < -0.4 is 5.32 Å². The van der Waals surface area contributed by atoms with Gasteiger partial charge >= 0.3 is 0 Å². The van der Waals surface area contributed by atoms with Crippen LogP contribution in [0.2, 0.25) is 0 Å². The molecule has 0 atom stereocenters. The van der Waals surface area contributed by atoms with Gasteiger partial charge in [-0.15, -0.1) is 0 Å². The van der Waals surface area contributed by atoms with E-state index in [1.165, 1.54) is 13.1 Å². The van der Waals surface area contributed by atoms with E-state index in [-0.39, 0.29) is 13.2 Å². The van der Waals surface area contributed by atoms with Crippen molar-refractivity contribution in [3.63, 3.8) is 0 Å². The van der Waals surface area contributed by atoms with Crippen molar-refractivity contribution in [3.8, 4) is 0 Å². The first kappa shape index (κ1) is 13.7. The lowest BCUT2D eigenvalue weighted by atomic mass is 10.3. The van der Waals surface area contributed by atoms with Crippen molar-refractivity contribution in [1.82, 2.24) is 10.2 Å². The molecule has 0 aromatic rings. The molecule has 4 heteroatoms. The van der Waals surface area contributed by atoms with Gasteiger partial charge in [0.1, 0.15) is 5.70 Å². The molecule has 1 aliphatic rings. The van der Waals surface area contributed by atoms with Crippen LogP contribution in [-0.2, 0) is 9.59 Å². The van der Waals surface area contributed by atoms with Crippen LogP contribution in [0.25, 0.3) is 0 Å². The lowest BCUT2D eigenvalue weighted by Gasteiger charge is -2.07. The first-order valence-corrected chi connectivity index (χ1v) is 5.44. The van der Waals surface area contributed by atoms with E-state index in [0.29, 0.717) is 5.70 Å². The molecule has 15 heavy (non-hydrogen) atoms. The summed E-state index contributed by atoms with van der Waals surface area (Å²) in [5.41, 5.74) is 0.418. The van der Waals surface area contributed by atoms with Gasteiger partial charge in [0.15, 0.2) is 0 Å². The fraction of sp³-hybridized carbons (Fsp3) is 0.636. The van der Waals surface area contributed by atoms with E-state index in [4.69, 9.17) is 0 Å². The summed E-state index contributed by atoms with van der Waals surface area (Å²) in [5, 5.41) is 2.94. The van der Waals surface area contributed by atoms with Crippen LogP contribution in [0.5, 0.6) is 0 Å². The maximum absolute atomic E-state index is 11.3. The number of nitrogens with one attached hydrogen (secondary N) is 1. The summed E-state index contributed by atoms with van der Waals surface area (Å²) < 4.78 is 0. The summed E-state index contributed by atoms with van der Waals surface area (Å²) in [6.07, 6.45) is 3.42. The quantitative estimate of drug-likeness (QED) is 0.570. The molecule has 1 rings (SSSR count). The van der Waals surface area contributed by atoms with Crippen LogP contribution in [-0.4, -0.2) is 30.3 Å². The Kier molecular flexibility index (Phi) is 6.42. The molecule has 0 spiro atoms. The molecule has 1 N–H and O–H groups in total. The number of imide groups is 1. The highest BCUT2D eigenvalue weighted by molar-refractivity contribution is 6.15. The summed E-state index contributed by atoms with van der Waals surface area (Å²) in [6.45, 7) is 6.82. The topological polar surface area (TPSA) is 49.4 Å². The van der Waals surface area contributed by atoms with Gasteiger partial charge < -0.3 is 5.32 Å². The van der Waals surface area contributed by atoms with Crippen molar-refractivity contribution >= 4 is 11.8 Å². The Hall–Kier alpha value is -1.32. The van der Waals surface area contributed by atoms with E-state index in [9.17, 15) is 9.59 Å². The van der Waals surface area contributed by atoms with Gasteiger partial charge in [-0.05, 0) is 6.42 Å². The van der Waals surface area contributed by atoms with Gasteiger partial charge in [0, 0.05) is 21.1 Å². The van der Waals surface area contributed by atoms with Crippen LogP contribution >= 0.6 is 0 Å². The predicted octanol–water partition coefficient (Wildman–Crippen LogP) is 1.53. The lowest BCUT2D eigenvalue weighted by Crippen LogP contribution is -2.30. The van der Waals surface area contributed by atoms with Crippen molar-refractivity contribution in [1.29, 1.82) is 0 Å². The standard InChI is InChI=1S/C9H14N2O2.C2H6.H2/c1-3-4-5-10-7-6-8(12)11(2)9(7)13;1-2;/h6,10H,3-5H2,1-2H3;1-2H3;1H. The van der Waals surface area contributed by atoms with Crippen LogP contribution in [0.1, 0.15) is 35.0 Å². The molecule has 88 valence electrons. The van der Waals surface area contributed by atoms with E-state index in [0.717, 1.165) is 24.3 Å². The predicted molar refractivity (Wildman–Crippen MR) is 62.2 cm³/mol. The minimum Gasteiger partial charge on any atom is -0.380 e. The Balaban J connectivity index is 0. The highest BCUT2D eigenvalue weighted by atomic mass is 16.2. The summed E-state index contributed by atoms with van der Waals surface area (Å²) in [4.78, 5) is 23.4. The molecule has 1 aliphatic heterocycles. The van der Waals surface area contributed by atoms with Gasteiger partial charge in [0.05, 0.1) is 0 Å². The van der Waals surface area contributed by atoms with Crippen molar-refractivity contribution in [2.45, 2.75) is 33.6 Å². The first-order chi connectivity index (χ1) is 7.16. The summed E-state index contributed by atoms with van der Waals surface area (Å²) in [6, 6.07) is 0. The summed E-state index contributed by atoms with van der Waals surface area (Å²) in [5.74, 6) is -0.481. The largest absolute Gasteiger partial charge is 0.380 e. The molecule has 0 aromatic heterocycles. The van der Waals surface area contributed by atoms with Crippen LogP contribution in [0, 0.1) is 0 Å². The SMILES string of the molecule is CC.CCCCNC1=CC(=O)N(C)C1=O.[HH]. The molecule has 4 nitrogen and oxygen atoms in total. The molecule has 0 bridgehead atoms. The van der Waals surface area contributed by atoms with Gasteiger partial charge in [-0.1, -0.05) is 27.2 Å². The maximum atomic E-state index is 11.3. The monoisotopic (exact) mass is 214 g/mol. The average Bonchev–Trinajstić information content (AvgIpc) is 2.50. The Morgan fingerprint density at radius 1 is 1.40 bits per heavy atom. The molecule has 0 unspecified atom stereocenters. The highest BCUT2D eigenvalue weighted by Crippen LogP contribution is 2.07. The number of carbonyl (C=O) groups excluding carboxylic acids is 2.